The zero-order chi connectivity index (χ0) is 15.1. The van der Waals surface area contributed by atoms with Crippen molar-refractivity contribution in [3.63, 3.8) is 0 Å². The predicted molar refractivity (Wildman–Crippen MR) is 82.9 cm³/mol. The molecule has 1 fully saturated rings. The van der Waals surface area contributed by atoms with Crippen LogP contribution >= 0.6 is 0 Å². The summed E-state index contributed by atoms with van der Waals surface area (Å²) in [6, 6.07) is 10.0. The van der Waals surface area contributed by atoms with Crippen molar-refractivity contribution in [2.75, 3.05) is 32.7 Å². The van der Waals surface area contributed by atoms with E-state index >= 15 is 0 Å². The van der Waals surface area contributed by atoms with Crippen LogP contribution in [0.5, 0.6) is 0 Å². The Morgan fingerprint density at radius 2 is 2.19 bits per heavy atom. The average Bonchev–Trinajstić information content (AvgIpc) is 2.96. The molecule has 1 unspecified atom stereocenters. The Kier molecular flexibility index (Phi) is 6.02. The van der Waals surface area contributed by atoms with E-state index < -0.39 is 0 Å². The van der Waals surface area contributed by atoms with Gasteiger partial charge in [-0.05, 0) is 18.9 Å². The van der Waals surface area contributed by atoms with Crippen LogP contribution in [0, 0.1) is 0 Å². The number of nitrogens with two attached hydrogens (primary N) is 1. The molecule has 21 heavy (non-hydrogen) atoms. The van der Waals surface area contributed by atoms with Gasteiger partial charge in [-0.1, -0.05) is 30.3 Å². The van der Waals surface area contributed by atoms with Gasteiger partial charge in [-0.2, -0.15) is 0 Å². The maximum Gasteiger partial charge on any atom is 0.410 e. The van der Waals surface area contributed by atoms with E-state index in [9.17, 15) is 4.79 Å². The van der Waals surface area contributed by atoms with Gasteiger partial charge in [-0.3, -0.25) is 4.90 Å². The maximum atomic E-state index is 12.3. The van der Waals surface area contributed by atoms with Crippen LogP contribution in [0.15, 0.2) is 30.3 Å². The Morgan fingerprint density at radius 1 is 1.43 bits per heavy atom. The van der Waals surface area contributed by atoms with Crippen LogP contribution in [0.2, 0.25) is 0 Å². The van der Waals surface area contributed by atoms with Gasteiger partial charge >= 0.3 is 6.09 Å². The van der Waals surface area contributed by atoms with Crippen molar-refractivity contribution in [3.8, 4) is 0 Å². The third-order valence-corrected chi connectivity index (χ3v) is 3.91. The minimum Gasteiger partial charge on any atom is -0.445 e. The molecule has 0 bridgehead atoms. The molecular weight excluding hydrogens is 266 g/mol. The Bertz CT molecular complexity index is 438. The van der Waals surface area contributed by atoms with E-state index in [2.05, 4.69) is 4.90 Å². The summed E-state index contributed by atoms with van der Waals surface area (Å²) in [5.41, 5.74) is 6.60. The first-order chi connectivity index (χ1) is 10.2. The molecule has 0 radical (unpaired) electrons. The van der Waals surface area contributed by atoms with Gasteiger partial charge in [-0.25, -0.2) is 4.79 Å². The highest BCUT2D eigenvalue weighted by Crippen LogP contribution is 2.16. The molecule has 1 aromatic rings. The molecule has 1 aliphatic heterocycles. The van der Waals surface area contributed by atoms with Crippen molar-refractivity contribution < 1.29 is 9.53 Å². The van der Waals surface area contributed by atoms with Crippen molar-refractivity contribution in [2.45, 2.75) is 26.0 Å². The lowest BCUT2D eigenvalue weighted by molar-refractivity contribution is 0.0835. The van der Waals surface area contributed by atoms with E-state index in [4.69, 9.17) is 10.5 Å². The number of benzene rings is 1. The highest BCUT2D eigenvalue weighted by Gasteiger charge is 2.30. The number of likely N-dealkylation sites (N-methyl/N-ethyl adjacent to an activating group) is 1. The van der Waals surface area contributed by atoms with Crippen LogP contribution in [-0.4, -0.2) is 54.7 Å². The van der Waals surface area contributed by atoms with Gasteiger partial charge in [0.1, 0.15) is 6.61 Å². The van der Waals surface area contributed by atoms with Crippen molar-refractivity contribution in [1.82, 2.24) is 9.80 Å². The lowest BCUT2D eigenvalue weighted by Gasteiger charge is -2.27. The van der Waals surface area contributed by atoms with E-state index in [-0.39, 0.29) is 12.1 Å². The zero-order valence-electron chi connectivity index (χ0n) is 12.7. The van der Waals surface area contributed by atoms with Gasteiger partial charge < -0.3 is 15.4 Å². The van der Waals surface area contributed by atoms with Gasteiger partial charge in [0, 0.05) is 38.8 Å². The first-order valence-electron chi connectivity index (χ1n) is 7.64. The number of carbonyl (C=O) groups excluding carboxylic acids is 1. The summed E-state index contributed by atoms with van der Waals surface area (Å²) in [5, 5.41) is 0. The fraction of sp³-hybridized carbons (Fsp3) is 0.562. The van der Waals surface area contributed by atoms with Crippen LogP contribution in [0.3, 0.4) is 0 Å². The summed E-state index contributed by atoms with van der Waals surface area (Å²) in [6.07, 6.45) is 0.773. The van der Waals surface area contributed by atoms with E-state index in [0.717, 1.165) is 31.6 Å². The van der Waals surface area contributed by atoms with Crippen molar-refractivity contribution in [1.29, 1.82) is 0 Å². The summed E-state index contributed by atoms with van der Waals surface area (Å²) in [7, 11) is 0. The number of nitrogens with zero attached hydrogens (tertiary/aromatic N) is 2. The summed E-state index contributed by atoms with van der Waals surface area (Å²) in [6.45, 7) is 6.46. The predicted octanol–water partition coefficient (Wildman–Crippen LogP) is 1.68. The standard InChI is InChI=1S/C16H25N3O2/c1-2-19(15-8-10-18(12-15)11-9-17)16(20)21-13-14-6-4-3-5-7-14/h3-7,15H,2,8-13,17H2,1H3. The highest BCUT2D eigenvalue weighted by atomic mass is 16.6. The molecule has 1 aliphatic rings. The second-order valence-corrected chi connectivity index (χ2v) is 5.36. The van der Waals surface area contributed by atoms with Crippen LogP contribution in [0.25, 0.3) is 0 Å². The normalized spacial score (nSPS) is 18.7. The van der Waals surface area contributed by atoms with Gasteiger partial charge in [0.15, 0.2) is 0 Å². The molecule has 0 spiro atoms. The van der Waals surface area contributed by atoms with E-state index in [0.29, 0.717) is 19.7 Å². The number of carbonyl (C=O) groups is 1. The van der Waals surface area contributed by atoms with E-state index in [1.807, 2.05) is 42.2 Å². The minimum atomic E-state index is -0.221. The number of likely N-dealkylation sites (tertiary alicyclic amines) is 1. The Balaban J connectivity index is 1.84. The van der Waals surface area contributed by atoms with Gasteiger partial charge in [0.25, 0.3) is 0 Å². The van der Waals surface area contributed by atoms with Gasteiger partial charge in [0.05, 0.1) is 0 Å². The molecule has 1 atom stereocenters. The lowest BCUT2D eigenvalue weighted by Crippen LogP contribution is -2.42. The SMILES string of the molecule is CCN(C(=O)OCc1ccccc1)C1CCN(CCN)C1. The first kappa shape index (κ1) is 15.8. The smallest absolute Gasteiger partial charge is 0.410 e. The third kappa shape index (κ3) is 4.44. The minimum absolute atomic E-state index is 0.221. The van der Waals surface area contributed by atoms with Gasteiger partial charge in [0.2, 0.25) is 0 Å². The average molecular weight is 291 g/mol. The van der Waals surface area contributed by atoms with Crippen LogP contribution < -0.4 is 5.73 Å². The molecule has 1 saturated heterocycles. The monoisotopic (exact) mass is 291 g/mol. The second kappa shape index (κ2) is 8.00. The molecule has 1 heterocycles. The van der Waals surface area contributed by atoms with Gasteiger partial charge in [-0.15, -0.1) is 0 Å². The number of amides is 1. The first-order valence-corrected chi connectivity index (χ1v) is 7.64. The summed E-state index contributed by atoms with van der Waals surface area (Å²) in [4.78, 5) is 16.4. The Morgan fingerprint density at radius 3 is 2.86 bits per heavy atom. The van der Waals surface area contributed by atoms with Crippen LogP contribution in [0.4, 0.5) is 4.79 Å². The molecule has 5 nitrogen and oxygen atoms in total. The summed E-state index contributed by atoms with van der Waals surface area (Å²) >= 11 is 0. The van der Waals surface area contributed by atoms with Crippen molar-refractivity contribution >= 4 is 6.09 Å². The van der Waals surface area contributed by atoms with E-state index in [1.54, 1.807) is 0 Å². The maximum absolute atomic E-state index is 12.3. The number of hydrogen-bond donors (Lipinski definition) is 1. The van der Waals surface area contributed by atoms with Crippen LogP contribution in [-0.2, 0) is 11.3 Å². The fourth-order valence-electron chi connectivity index (χ4n) is 2.79. The molecule has 0 aromatic heterocycles. The molecule has 2 rings (SSSR count). The lowest BCUT2D eigenvalue weighted by atomic mass is 10.2. The number of rotatable bonds is 6. The summed E-state index contributed by atoms with van der Waals surface area (Å²) < 4.78 is 5.43. The molecule has 0 aliphatic carbocycles. The second-order valence-electron chi connectivity index (χ2n) is 5.36. The Labute approximate surface area is 126 Å². The third-order valence-electron chi connectivity index (χ3n) is 3.91. The number of ether oxygens (including phenoxy) is 1. The van der Waals surface area contributed by atoms with Crippen LogP contribution in [0.1, 0.15) is 18.9 Å². The largest absolute Gasteiger partial charge is 0.445 e. The topological polar surface area (TPSA) is 58.8 Å². The molecular formula is C16H25N3O2. The van der Waals surface area contributed by atoms with Crippen molar-refractivity contribution in [3.05, 3.63) is 35.9 Å². The fourth-order valence-corrected chi connectivity index (χ4v) is 2.79. The Hall–Kier alpha value is -1.59. The van der Waals surface area contributed by atoms with Crippen molar-refractivity contribution in [2.24, 2.45) is 5.73 Å². The van der Waals surface area contributed by atoms with E-state index in [1.165, 1.54) is 0 Å². The zero-order valence-corrected chi connectivity index (χ0v) is 12.7. The molecule has 116 valence electrons. The number of hydrogen-bond acceptors (Lipinski definition) is 4. The quantitative estimate of drug-likeness (QED) is 0.866. The highest BCUT2D eigenvalue weighted by molar-refractivity contribution is 5.68. The molecule has 2 N–H and O–H groups in total. The molecule has 1 amide bonds. The molecule has 1 aromatic carbocycles. The molecule has 0 saturated carbocycles. The molecule has 5 heteroatoms. The summed E-state index contributed by atoms with van der Waals surface area (Å²) in [5.74, 6) is 0.